The minimum Gasteiger partial charge on any atom is -0.280 e. The molecule has 0 saturated heterocycles. The highest BCUT2D eigenvalue weighted by Crippen LogP contribution is 2.36. The fraction of sp³-hybridized carbons (Fsp3) is 0.0833. The smallest absolute Gasteiger partial charge is 0.280 e. The second kappa shape index (κ2) is 5.94. The Hall–Kier alpha value is -1.51. The van der Waals surface area contributed by atoms with E-state index >= 15 is 0 Å². The maximum absolute atomic E-state index is 12.7. The van der Waals surface area contributed by atoms with Crippen molar-refractivity contribution >= 4 is 38.9 Å². The second-order valence-corrected chi connectivity index (χ2v) is 6.59. The zero-order chi connectivity index (χ0) is 16.5. The number of nitrogens with zero attached hydrogens (tertiary/aromatic N) is 1. The molecule has 0 aliphatic heterocycles. The summed E-state index contributed by atoms with van der Waals surface area (Å²) in [5.74, 6) is 0. The lowest BCUT2D eigenvalue weighted by atomic mass is 10.2. The van der Waals surface area contributed by atoms with E-state index in [1.807, 2.05) is 4.72 Å². The van der Waals surface area contributed by atoms with Crippen LogP contribution >= 0.6 is 23.2 Å². The second-order valence-electron chi connectivity index (χ2n) is 4.11. The molecule has 22 heavy (non-hydrogen) atoms. The first-order valence-corrected chi connectivity index (χ1v) is 7.84. The van der Waals surface area contributed by atoms with Crippen molar-refractivity contribution in [1.82, 2.24) is 4.98 Å². The lowest BCUT2D eigenvalue weighted by Gasteiger charge is -2.12. The van der Waals surface area contributed by atoms with E-state index in [1.165, 1.54) is 12.1 Å². The number of halogens is 5. The molecular weight excluding hydrogens is 364 g/mol. The summed E-state index contributed by atoms with van der Waals surface area (Å²) in [6.07, 6.45) is -3.70. The fourth-order valence-electron chi connectivity index (χ4n) is 1.54. The molecule has 0 saturated carbocycles. The normalized spacial score (nSPS) is 12.2. The van der Waals surface area contributed by atoms with E-state index < -0.39 is 26.8 Å². The van der Waals surface area contributed by atoms with Crippen molar-refractivity contribution in [2.45, 2.75) is 11.1 Å². The number of hydrogen-bond acceptors (Lipinski definition) is 3. The van der Waals surface area contributed by atoms with Gasteiger partial charge >= 0.3 is 6.18 Å². The van der Waals surface area contributed by atoms with E-state index in [0.717, 1.165) is 18.3 Å². The summed E-state index contributed by atoms with van der Waals surface area (Å²) in [6, 6.07) is 5.13. The molecule has 0 aliphatic carbocycles. The van der Waals surface area contributed by atoms with Gasteiger partial charge in [-0.2, -0.15) is 13.2 Å². The van der Waals surface area contributed by atoms with Crippen LogP contribution in [0.5, 0.6) is 0 Å². The van der Waals surface area contributed by atoms with Crippen molar-refractivity contribution in [2.24, 2.45) is 0 Å². The van der Waals surface area contributed by atoms with E-state index in [9.17, 15) is 21.6 Å². The average molecular weight is 371 g/mol. The first kappa shape index (κ1) is 16.9. The Morgan fingerprint density at radius 1 is 1.09 bits per heavy atom. The maximum atomic E-state index is 12.7. The standard InChI is InChI=1S/C12H7Cl2F3N2O2S/c13-10-3-1-7(5-9(10)12(15,16)17)19-22(20,21)8-2-4-11(14)18-6-8/h1-6,19H. The number of alkyl halides is 3. The van der Waals surface area contributed by atoms with Gasteiger partial charge < -0.3 is 0 Å². The molecule has 1 aromatic carbocycles. The van der Waals surface area contributed by atoms with Crippen LogP contribution in [0.1, 0.15) is 5.56 Å². The van der Waals surface area contributed by atoms with Gasteiger partial charge in [0.1, 0.15) is 10.0 Å². The maximum Gasteiger partial charge on any atom is 0.417 e. The van der Waals surface area contributed by atoms with Crippen LogP contribution in [-0.2, 0) is 16.2 Å². The molecule has 2 aromatic rings. The van der Waals surface area contributed by atoms with Gasteiger partial charge in [0.2, 0.25) is 0 Å². The van der Waals surface area contributed by atoms with Gasteiger partial charge in [0, 0.05) is 11.9 Å². The van der Waals surface area contributed by atoms with Crippen LogP contribution in [-0.4, -0.2) is 13.4 Å². The number of aromatic nitrogens is 1. The Balaban J connectivity index is 2.36. The monoisotopic (exact) mass is 370 g/mol. The molecule has 10 heteroatoms. The van der Waals surface area contributed by atoms with Gasteiger partial charge in [0.25, 0.3) is 10.0 Å². The van der Waals surface area contributed by atoms with Crippen LogP contribution in [0.2, 0.25) is 10.2 Å². The molecule has 2 rings (SSSR count). The van der Waals surface area contributed by atoms with E-state index in [4.69, 9.17) is 23.2 Å². The van der Waals surface area contributed by atoms with Crippen molar-refractivity contribution in [3.05, 3.63) is 52.3 Å². The summed E-state index contributed by atoms with van der Waals surface area (Å²) >= 11 is 11.0. The zero-order valence-corrected chi connectivity index (χ0v) is 12.9. The van der Waals surface area contributed by atoms with Crippen LogP contribution in [0.15, 0.2) is 41.4 Å². The number of benzene rings is 1. The summed E-state index contributed by atoms with van der Waals surface area (Å²) < 4.78 is 64.4. The number of pyridine rings is 1. The first-order valence-electron chi connectivity index (χ1n) is 5.61. The van der Waals surface area contributed by atoms with Crippen LogP contribution < -0.4 is 4.72 Å². The third-order valence-electron chi connectivity index (χ3n) is 2.53. The third kappa shape index (κ3) is 3.82. The fourth-order valence-corrected chi connectivity index (χ4v) is 2.87. The number of anilines is 1. The van der Waals surface area contributed by atoms with Crippen molar-refractivity contribution in [2.75, 3.05) is 4.72 Å². The number of hydrogen-bond donors (Lipinski definition) is 1. The van der Waals surface area contributed by atoms with Gasteiger partial charge in [-0.25, -0.2) is 13.4 Å². The molecule has 0 bridgehead atoms. The lowest BCUT2D eigenvalue weighted by molar-refractivity contribution is -0.137. The minimum absolute atomic E-state index is 0.0878. The predicted molar refractivity (Wildman–Crippen MR) is 76.5 cm³/mol. The van der Waals surface area contributed by atoms with Crippen LogP contribution in [0.4, 0.5) is 18.9 Å². The highest BCUT2D eigenvalue weighted by atomic mass is 35.5. The average Bonchev–Trinajstić information content (AvgIpc) is 2.40. The summed E-state index contributed by atoms with van der Waals surface area (Å²) in [7, 11) is -4.09. The molecule has 0 spiro atoms. The zero-order valence-electron chi connectivity index (χ0n) is 10.5. The van der Waals surface area contributed by atoms with Crippen LogP contribution in [0.3, 0.4) is 0 Å². The van der Waals surface area contributed by atoms with E-state index in [1.54, 1.807) is 0 Å². The molecule has 1 N–H and O–H groups in total. The molecule has 0 unspecified atom stereocenters. The van der Waals surface area contributed by atoms with Crippen molar-refractivity contribution in [1.29, 1.82) is 0 Å². The highest BCUT2D eigenvalue weighted by Gasteiger charge is 2.33. The minimum atomic E-state index is -4.69. The Morgan fingerprint density at radius 3 is 2.32 bits per heavy atom. The molecule has 0 amide bonds. The molecule has 4 nitrogen and oxygen atoms in total. The SMILES string of the molecule is O=S(=O)(Nc1ccc(Cl)c(C(F)(F)F)c1)c1ccc(Cl)nc1. The largest absolute Gasteiger partial charge is 0.417 e. The molecule has 0 atom stereocenters. The quantitative estimate of drug-likeness (QED) is 0.823. The molecule has 0 aliphatic rings. The number of sulfonamides is 1. The van der Waals surface area contributed by atoms with Gasteiger partial charge in [0.15, 0.2) is 0 Å². The third-order valence-corrected chi connectivity index (χ3v) is 4.45. The summed E-state index contributed by atoms with van der Waals surface area (Å²) in [5, 5.41) is -0.437. The Kier molecular flexibility index (Phi) is 4.55. The Bertz CT molecular complexity index is 793. The van der Waals surface area contributed by atoms with Gasteiger partial charge in [0.05, 0.1) is 10.6 Å². The van der Waals surface area contributed by atoms with Gasteiger partial charge in [-0.05, 0) is 30.3 Å². The van der Waals surface area contributed by atoms with Crippen molar-refractivity contribution < 1.29 is 21.6 Å². The van der Waals surface area contributed by atoms with E-state index in [2.05, 4.69) is 4.98 Å². The van der Waals surface area contributed by atoms with Crippen molar-refractivity contribution in [3.63, 3.8) is 0 Å². The topological polar surface area (TPSA) is 59.1 Å². The van der Waals surface area contributed by atoms with Crippen LogP contribution in [0, 0.1) is 0 Å². The van der Waals surface area contributed by atoms with Crippen LogP contribution in [0.25, 0.3) is 0 Å². The molecule has 1 aromatic heterocycles. The predicted octanol–water partition coefficient (Wildman–Crippen LogP) is 4.21. The molecule has 1 heterocycles. The molecule has 0 fully saturated rings. The highest BCUT2D eigenvalue weighted by molar-refractivity contribution is 7.92. The van der Waals surface area contributed by atoms with Gasteiger partial charge in [-0.1, -0.05) is 23.2 Å². The van der Waals surface area contributed by atoms with Gasteiger partial charge in [-0.3, -0.25) is 4.72 Å². The number of nitrogens with one attached hydrogen (secondary N) is 1. The molecule has 118 valence electrons. The first-order chi connectivity index (χ1) is 10.1. The van der Waals surface area contributed by atoms with Crippen molar-refractivity contribution in [3.8, 4) is 0 Å². The van der Waals surface area contributed by atoms with E-state index in [0.29, 0.717) is 6.07 Å². The molecule has 0 radical (unpaired) electrons. The summed E-state index contributed by atoms with van der Waals surface area (Å²) in [4.78, 5) is 3.37. The summed E-state index contributed by atoms with van der Waals surface area (Å²) in [5.41, 5.74) is -1.41. The summed E-state index contributed by atoms with van der Waals surface area (Å²) in [6.45, 7) is 0. The Labute approximate surface area is 133 Å². The molecular formula is C12H7Cl2F3N2O2S. The Morgan fingerprint density at radius 2 is 1.77 bits per heavy atom. The van der Waals surface area contributed by atoms with E-state index in [-0.39, 0.29) is 15.7 Å². The van der Waals surface area contributed by atoms with Gasteiger partial charge in [-0.15, -0.1) is 0 Å². The number of rotatable bonds is 3. The lowest BCUT2D eigenvalue weighted by Crippen LogP contribution is -2.14.